The molecule has 140 valence electrons. The molecule has 3 heterocycles. The SMILES string of the molecule is Cc1cc(C)nc(-n2cc(C(=O)N3CCC(C)(CN)C3)c(C(C)C)n2)n1. The number of carbonyl (C=O) groups is 1. The normalized spacial score (nSPS) is 20.2. The zero-order valence-electron chi connectivity index (χ0n) is 16.3. The summed E-state index contributed by atoms with van der Waals surface area (Å²) in [5.41, 5.74) is 9.04. The number of nitrogens with zero attached hydrogens (tertiary/aromatic N) is 5. The summed E-state index contributed by atoms with van der Waals surface area (Å²) in [4.78, 5) is 24.0. The minimum absolute atomic E-state index is 0.000410. The smallest absolute Gasteiger partial charge is 0.257 e. The highest BCUT2D eigenvalue weighted by Gasteiger charge is 2.36. The number of rotatable bonds is 4. The lowest BCUT2D eigenvalue weighted by Gasteiger charge is -2.22. The number of aromatic nitrogens is 4. The molecule has 0 saturated carbocycles. The largest absolute Gasteiger partial charge is 0.338 e. The highest BCUT2D eigenvalue weighted by molar-refractivity contribution is 5.95. The molecule has 0 radical (unpaired) electrons. The molecular formula is C19H28N6O. The van der Waals surface area contributed by atoms with Gasteiger partial charge in [-0.15, -0.1) is 0 Å². The van der Waals surface area contributed by atoms with E-state index in [9.17, 15) is 4.79 Å². The summed E-state index contributed by atoms with van der Waals surface area (Å²) in [6, 6.07) is 1.92. The second kappa shape index (κ2) is 6.79. The fourth-order valence-electron chi connectivity index (χ4n) is 3.42. The zero-order chi connectivity index (χ0) is 19.1. The van der Waals surface area contributed by atoms with E-state index >= 15 is 0 Å². The molecule has 1 aliphatic rings. The van der Waals surface area contributed by atoms with E-state index in [4.69, 9.17) is 5.73 Å². The van der Waals surface area contributed by atoms with Crippen molar-refractivity contribution in [1.29, 1.82) is 0 Å². The van der Waals surface area contributed by atoms with Gasteiger partial charge in [0.1, 0.15) is 0 Å². The van der Waals surface area contributed by atoms with Crippen LogP contribution in [0.5, 0.6) is 0 Å². The molecule has 1 saturated heterocycles. The van der Waals surface area contributed by atoms with Gasteiger partial charge in [0.15, 0.2) is 0 Å². The molecule has 0 aromatic carbocycles. The van der Waals surface area contributed by atoms with E-state index in [1.54, 1.807) is 10.9 Å². The first kappa shape index (κ1) is 18.5. The van der Waals surface area contributed by atoms with Gasteiger partial charge in [-0.05, 0) is 44.2 Å². The van der Waals surface area contributed by atoms with Crippen LogP contribution in [-0.4, -0.2) is 50.2 Å². The number of nitrogens with two attached hydrogens (primary N) is 1. The molecule has 7 nitrogen and oxygen atoms in total. The highest BCUT2D eigenvalue weighted by Crippen LogP contribution is 2.30. The van der Waals surface area contributed by atoms with Crippen LogP contribution in [-0.2, 0) is 0 Å². The standard InChI is InChI=1S/C19H28N6O/c1-12(2)16-15(17(26)24-7-6-19(5,10-20)11-24)9-25(23-16)18-21-13(3)8-14(4)22-18/h8-9,12H,6-7,10-11,20H2,1-5H3. The molecule has 1 aliphatic heterocycles. The van der Waals surface area contributed by atoms with Crippen molar-refractivity contribution in [2.75, 3.05) is 19.6 Å². The Hall–Kier alpha value is -2.28. The maximum atomic E-state index is 13.1. The minimum Gasteiger partial charge on any atom is -0.338 e. The van der Waals surface area contributed by atoms with Crippen LogP contribution in [0.15, 0.2) is 12.3 Å². The summed E-state index contributed by atoms with van der Waals surface area (Å²) in [6.45, 7) is 12.1. The Bertz CT molecular complexity index is 807. The Morgan fingerprint density at radius 3 is 2.50 bits per heavy atom. The quantitative estimate of drug-likeness (QED) is 0.907. The molecule has 3 rings (SSSR count). The lowest BCUT2D eigenvalue weighted by atomic mass is 9.90. The number of amides is 1. The number of hydrogen-bond acceptors (Lipinski definition) is 5. The summed E-state index contributed by atoms with van der Waals surface area (Å²) in [6.07, 6.45) is 2.70. The summed E-state index contributed by atoms with van der Waals surface area (Å²) in [5.74, 6) is 0.641. The van der Waals surface area contributed by atoms with Crippen LogP contribution in [0.1, 0.15) is 60.5 Å². The van der Waals surface area contributed by atoms with Crippen LogP contribution in [0, 0.1) is 19.3 Å². The molecule has 2 N–H and O–H groups in total. The lowest BCUT2D eigenvalue weighted by molar-refractivity contribution is 0.0775. The van der Waals surface area contributed by atoms with E-state index in [0.29, 0.717) is 24.6 Å². The van der Waals surface area contributed by atoms with Gasteiger partial charge in [-0.1, -0.05) is 20.8 Å². The molecule has 2 aromatic heterocycles. The molecule has 1 fully saturated rings. The Morgan fingerprint density at radius 2 is 1.96 bits per heavy atom. The van der Waals surface area contributed by atoms with E-state index in [1.807, 2.05) is 38.7 Å². The zero-order valence-corrected chi connectivity index (χ0v) is 16.3. The van der Waals surface area contributed by atoms with Crippen LogP contribution in [0.3, 0.4) is 0 Å². The number of hydrogen-bond donors (Lipinski definition) is 1. The lowest BCUT2D eigenvalue weighted by Crippen LogP contribution is -2.34. The average molecular weight is 356 g/mol. The van der Waals surface area contributed by atoms with E-state index in [1.165, 1.54) is 0 Å². The number of aryl methyl sites for hydroxylation is 2. The second-order valence-electron chi connectivity index (χ2n) is 7.97. The van der Waals surface area contributed by atoms with Gasteiger partial charge in [-0.3, -0.25) is 4.79 Å². The molecule has 1 atom stereocenters. The van der Waals surface area contributed by atoms with Crippen molar-refractivity contribution in [3.05, 3.63) is 34.9 Å². The first-order chi connectivity index (χ1) is 12.2. The molecule has 0 bridgehead atoms. The van der Waals surface area contributed by atoms with E-state index in [2.05, 4.69) is 22.0 Å². The van der Waals surface area contributed by atoms with Crippen LogP contribution in [0.4, 0.5) is 0 Å². The third kappa shape index (κ3) is 3.49. The van der Waals surface area contributed by atoms with Gasteiger partial charge in [0, 0.05) is 30.7 Å². The van der Waals surface area contributed by atoms with Crippen molar-refractivity contribution < 1.29 is 4.79 Å². The molecule has 0 aliphatic carbocycles. The van der Waals surface area contributed by atoms with Crippen LogP contribution in [0.25, 0.3) is 5.95 Å². The number of carbonyl (C=O) groups excluding carboxylic acids is 1. The monoisotopic (exact) mass is 356 g/mol. The van der Waals surface area contributed by atoms with Gasteiger partial charge >= 0.3 is 0 Å². The third-order valence-electron chi connectivity index (χ3n) is 5.03. The van der Waals surface area contributed by atoms with Crippen molar-refractivity contribution in [3.63, 3.8) is 0 Å². The molecule has 26 heavy (non-hydrogen) atoms. The van der Waals surface area contributed by atoms with Gasteiger partial charge in [0.25, 0.3) is 11.9 Å². The molecule has 2 aromatic rings. The van der Waals surface area contributed by atoms with Crippen molar-refractivity contribution in [2.45, 2.75) is 47.0 Å². The predicted octanol–water partition coefficient (Wildman–Crippen LogP) is 2.21. The third-order valence-corrected chi connectivity index (χ3v) is 5.03. The topological polar surface area (TPSA) is 89.9 Å². The maximum Gasteiger partial charge on any atom is 0.257 e. The molecule has 7 heteroatoms. The van der Waals surface area contributed by atoms with E-state index in [0.717, 1.165) is 30.0 Å². The van der Waals surface area contributed by atoms with Crippen molar-refractivity contribution in [3.8, 4) is 5.95 Å². The van der Waals surface area contributed by atoms with Crippen LogP contribution < -0.4 is 5.73 Å². The molecule has 0 spiro atoms. The summed E-state index contributed by atoms with van der Waals surface area (Å²) in [7, 11) is 0. The van der Waals surface area contributed by atoms with Crippen molar-refractivity contribution >= 4 is 5.91 Å². The summed E-state index contributed by atoms with van der Waals surface area (Å²) < 4.78 is 1.63. The first-order valence-corrected chi connectivity index (χ1v) is 9.14. The Kier molecular flexibility index (Phi) is 4.84. The molecule has 1 unspecified atom stereocenters. The van der Waals surface area contributed by atoms with Gasteiger partial charge in [0.05, 0.1) is 11.3 Å². The van der Waals surface area contributed by atoms with Gasteiger partial charge in [-0.2, -0.15) is 5.10 Å². The van der Waals surface area contributed by atoms with E-state index < -0.39 is 0 Å². The molecular weight excluding hydrogens is 328 g/mol. The second-order valence-corrected chi connectivity index (χ2v) is 7.97. The fourth-order valence-corrected chi connectivity index (χ4v) is 3.42. The Morgan fingerprint density at radius 1 is 1.31 bits per heavy atom. The van der Waals surface area contributed by atoms with Gasteiger partial charge in [0.2, 0.25) is 0 Å². The average Bonchev–Trinajstić information content (AvgIpc) is 3.18. The van der Waals surface area contributed by atoms with Crippen LogP contribution >= 0.6 is 0 Å². The summed E-state index contributed by atoms with van der Waals surface area (Å²) >= 11 is 0. The minimum atomic E-state index is 0.000410. The Labute approximate surface area is 154 Å². The Balaban J connectivity index is 1.97. The highest BCUT2D eigenvalue weighted by atomic mass is 16.2. The maximum absolute atomic E-state index is 13.1. The predicted molar refractivity (Wildman–Crippen MR) is 100 cm³/mol. The number of likely N-dealkylation sites (tertiary alicyclic amines) is 1. The van der Waals surface area contributed by atoms with E-state index in [-0.39, 0.29) is 17.2 Å². The van der Waals surface area contributed by atoms with Crippen molar-refractivity contribution in [2.24, 2.45) is 11.1 Å². The van der Waals surface area contributed by atoms with Gasteiger partial charge in [-0.25, -0.2) is 14.6 Å². The summed E-state index contributed by atoms with van der Waals surface area (Å²) in [5, 5.41) is 4.63. The van der Waals surface area contributed by atoms with Crippen LogP contribution in [0.2, 0.25) is 0 Å². The fraction of sp³-hybridized carbons (Fsp3) is 0.579. The van der Waals surface area contributed by atoms with Gasteiger partial charge < -0.3 is 10.6 Å². The van der Waals surface area contributed by atoms with Crippen molar-refractivity contribution in [1.82, 2.24) is 24.6 Å². The first-order valence-electron chi connectivity index (χ1n) is 9.14. The molecule has 1 amide bonds.